The number of carbonyl (C=O) groups is 7. The Bertz CT molecular complexity index is 2630. The molecule has 0 radical (unpaired) electrons. The first-order valence-corrected chi connectivity index (χ1v) is 24.6. The maximum absolute atomic E-state index is 17.8. The summed E-state index contributed by atoms with van der Waals surface area (Å²) in [7, 11) is 0. The van der Waals surface area contributed by atoms with Gasteiger partial charge in [0.15, 0.2) is 23.8 Å². The highest BCUT2D eigenvalue weighted by atomic mass is 19.1. The van der Waals surface area contributed by atoms with E-state index in [9.17, 15) is 38.7 Å². The smallest absolute Gasteiger partial charge is 0.407 e. The second kappa shape index (κ2) is 20.9. The quantitative estimate of drug-likeness (QED) is 0.0808. The number of allylic oxidation sites excluding steroid dienone is 4. The fourth-order valence-corrected chi connectivity index (χ4v) is 11.9. The standard InChI is InChI=1S/C55H65F2N3O11/c1-7-9-39(62)27-54(22-19-41-42-26-44(56)43-25-38(61)18-21-52(43,5)55(42,57)45(63)28-53(41,54)6)46(64)32-70-48(66)11-8-10-47(65)69-31-33-12-14-34(15-13-33)40(30-59-50(68)71-51(2,3)4)49(67)60-37-17-16-36-29-58-23-20-35(36)24-37/h12-18,20-21,23-25,29,40-42,44-45,63H,7-11,19,22,26-28,30-32H2,1-6H3,(H,59,68)(H,60,67)/t40-,41+,42+,44+,45+,52+,53+,54+,55+/m1/s1. The molecule has 2 amide bonds. The first-order valence-electron chi connectivity index (χ1n) is 24.6. The van der Waals surface area contributed by atoms with E-state index >= 15 is 8.78 Å². The minimum Gasteiger partial charge on any atom is -0.461 e. The van der Waals surface area contributed by atoms with E-state index < -0.39 is 93.7 Å². The molecule has 0 unspecified atom stereocenters. The van der Waals surface area contributed by atoms with Crippen molar-refractivity contribution in [3.63, 3.8) is 0 Å². The Balaban J connectivity index is 0.932. The Kier molecular flexibility index (Phi) is 15.5. The molecule has 380 valence electrons. The van der Waals surface area contributed by atoms with Crippen molar-refractivity contribution in [3.05, 3.63) is 95.9 Å². The maximum atomic E-state index is 17.8. The van der Waals surface area contributed by atoms with Gasteiger partial charge in [0.05, 0.1) is 12.0 Å². The van der Waals surface area contributed by atoms with Crippen LogP contribution >= 0.6 is 0 Å². The number of Topliss-reactive ketones (excluding diaryl/α,β-unsaturated/α-hetero) is 2. The van der Waals surface area contributed by atoms with Gasteiger partial charge in [0, 0.05) is 72.4 Å². The number of ketones is 3. The summed E-state index contributed by atoms with van der Waals surface area (Å²) in [4.78, 5) is 96.4. The number of alkyl carbamates (subject to hydrolysis) is 1. The number of carbonyl (C=O) groups excluding carboxylic acids is 7. The SMILES string of the molecule is CCCC(=O)C[C@]1(C(=O)COC(=O)CCCC(=O)OCc2ccc([C@@H](CNC(=O)OC(C)(C)C)C(=O)Nc3ccc4cnccc4c3)cc2)CC[C@H]2[C@@H]3C[C@H](F)C4=CC(=O)C=C[C@]4(C)[C@@]3(F)[C@@H](O)C[C@@]21C. The summed E-state index contributed by atoms with van der Waals surface area (Å²) >= 11 is 0. The normalized spacial score (nSPS) is 28.1. The van der Waals surface area contributed by atoms with E-state index in [1.807, 2.05) is 25.1 Å². The van der Waals surface area contributed by atoms with Crippen LogP contribution in [-0.2, 0) is 49.6 Å². The highest BCUT2D eigenvalue weighted by Crippen LogP contribution is 2.73. The van der Waals surface area contributed by atoms with Crippen LogP contribution < -0.4 is 10.6 Å². The number of fused-ring (bicyclic) bond motifs is 6. The highest BCUT2D eigenvalue weighted by Gasteiger charge is 2.75. The molecule has 0 saturated heterocycles. The van der Waals surface area contributed by atoms with Crippen molar-refractivity contribution in [3.8, 4) is 0 Å². The Morgan fingerprint density at radius 3 is 2.37 bits per heavy atom. The molecule has 14 nitrogen and oxygen atoms in total. The predicted octanol–water partition coefficient (Wildman–Crippen LogP) is 8.87. The molecule has 71 heavy (non-hydrogen) atoms. The number of nitrogens with one attached hydrogen (secondary N) is 2. The average Bonchev–Trinajstić information content (AvgIpc) is 3.60. The Hall–Kier alpha value is -6.16. The number of anilines is 1. The number of ether oxygens (including phenoxy) is 3. The van der Waals surface area contributed by atoms with Gasteiger partial charge in [-0.2, -0.15) is 0 Å². The molecule has 1 heterocycles. The molecule has 7 rings (SSSR count). The zero-order valence-electron chi connectivity index (χ0n) is 41.3. The lowest BCUT2D eigenvalue weighted by Crippen LogP contribution is -2.69. The highest BCUT2D eigenvalue weighted by molar-refractivity contribution is 6.01. The molecule has 4 aliphatic rings. The third-order valence-electron chi connectivity index (χ3n) is 15.5. The lowest BCUT2D eigenvalue weighted by Gasteiger charge is -2.63. The van der Waals surface area contributed by atoms with E-state index in [4.69, 9.17) is 14.2 Å². The topological polar surface area (TPSA) is 204 Å². The Labute approximate surface area is 412 Å². The minimum atomic E-state index is -2.35. The number of pyridine rings is 1. The number of rotatable bonds is 18. The van der Waals surface area contributed by atoms with Crippen molar-refractivity contribution in [1.82, 2.24) is 10.3 Å². The molecule has 3 fully saturated rings. The number of aromatic nitrogens is 1. The van der Waals surface area contributed by atoms with Crippen molar-refractivity contribution in [2.24, 2.45) is 28.1 Å². The van der Waals surface area contributed by atoms with Gasteiger partial charge in [-0.15, -0.1) is 0 Å². The van der Waals surface area contributed by atoms with Gasteiger partial charge in [0.1, 0.15) is 24.2 Å². The fourth-order valence-electron chi connectivity index (χ4n) is 11.9. The van der Waals surface area contributed by atoms with E-state index in [0.29, 0.717) is 23.2 Å². The van der Waals surface area contributed by atoms with Gasteiger partial charge in [-0.25, -0.2) is 13.6 Å². The number of hydrogen-bond donors (Lipinski definition) is 3. The van der Waals surface area contributed by atoms with Crippen molar-refractivity contribution in [2.75, 3.05) is 18.5 Å². The number of amides is 2. The maximum Gasteiger partial charge on any atom is 0.407 e. The van der Waals surface area contributed by atoms with Gasteiger partial charge in [-0.05, 0) is 130 Å². The van der Waals surface area contributed by atoms with Crippen molar-refractivity contribution in [2.45, 2.75) is 142 Å². The molecule has 16 heteroatoms. The van der Waals surface area contributed by atoms with Crippen LogP contribution in [0, 0.1) is 28.1 Å². The first-order chi connectivity index (χ1) is 33.5. The summed E-state index contributed by atoms with van der Waals surface area (Å²) in [6.07, 6.45) is 3.22. The summed E-state index contributed by atoms with van der Waals surface area (Å²) in [5, 5.41) is 19.2. The van der Waals surface area contributed by atoms with Crippen LogP contribution in [0.25, 0.3) is 10.8 Å². The second-order valence-electron chi connectivity index (χ2n) is 21.1. The molecule has 0 spiro atoms. The van der Waals surface area contributed by atoms with Gasteiger partial charge in [-0.1, -0.05) is 50.3 Å². The summed E-state index contributed by atoms with van der Waals surface area (Å²) in [6, 6.07) is 14.1. The molecule has 1 aromatic heterocycles. The van der Waals surface area contributed by atoms with Crippen LogP contribution in [0.1, 0.15) is 123 Å². The van der Waals surface area contributed by atoms with Crippen molar-refractivity contribution < 1.29 is 61.7 Å². The predicted molar refractivity (Wildman–Crippen MR) is 259 cm³/mol. The van der Waals surface area contributed by atoms with Gasteiger partial charge in [-0.3, -0.25) is 33.8 Å². The van der Waals surface area contributed by atoms with Crippen LogP contribution in [-0.4, -0.2) is 88.1 Å². The third-order valence-corrected chi connectivity index (χ3v) is 15.5. The molecule has 0 aliphatic heterocycles. The number of halogens is 2. The molecule has 9 atom stereocenters. The van der Waals surface area contributed by atoms with E-state index in [2.05, 4.69) is 15.6 Å². The van der Waals surface area contributed by atoms with E-state index in [-0.39, 0.29) is 88.2 Å². The number of benzene rings is 2. The minimum absolute atomic E-state index is 0.00618. The molecular formula is C55H65F2N3O11. The van der Waals surface area contributed by atoms with Crippen LogP contribution in [0.3, 0.4) is 0 Å². The molecule has 3 aromatic rings. The summed E-state index contributed by atoms with van der Waals surface area (Å²) in [5.74, 6) is -5.35. The van der Waals surface area contributed by atoms with Crippen LogP contribution in [0.15, 0.2) is 84.7 Å². The summed E-state index contributed by atoms with van der Waals surface area (Å²) in [5.41, 5.74) is -5.52. The van der Waals surface area contributed by atoms with Gasteiger partial charge >= 0.3 is 18.0 Å². The van der Waals surface area contributed by atoms with Crippen molar-refractivity contribution >= 4 is 57.7 Å². The largest absolute Gasteiger partial charge is 0.461 e. The fraction of sp³-hybridized carbons (Fsp3) is 0.527. The van der Waals surface area contributed by atoms with E-state index in [1.54, 1.807) is 70.4 Å². The lowest BCUT2D eigenvalue weighted by molar-refractivity contribution is -0.212. The third kappa shape index (κ3) is 10.7. The molecule has 3 N–H and O–H groups in total. The van der Waals surface area contributed by atoms with Gasteiger partial charge in [0.2, 0.25) is 5.91 Å². The zero-order chi connectivity index (χ0) is 51.5. The van der Waals surface area contributed by atoms with E-state index in [1.165, 1.54) is 19.1 Å². The number of alkyl halides is 2. The Morgan fingerprint density at radius 2 is 1.66 bits per heavy atom. The van der Waals surface area contributed by atoms with Crippen LogP contribution in [0.2, 0.25) is 0 Å². The number of nitrogens with zero attached hydrogens (tertiary/aromatic N) is 1. The summed E-state index contributed by atoms with van der Waals surface area (Å²) in [6.45, 7) is 9.46. The molecule has 4 aliphatic carbocycles. The number of esters is 2. The number of aliphatic hydroxyl groups is 1. The van der Waals surface area contributed by atoms with Crippen LogP contribution in [0.4, 0.5) is 19.3 Å². The number of hydrogen-bond acceptors (Lipinski definition) is 12. The lowest BCUT2D eigenvalue weighted by atomic mass is 9.42. The first kappa shape index (κ1) is 52.7. The number of aliphatic hydroxyl groups excluding tert-OH is 1. The molecular weight excluding hydrogens is 917 g/mol. The Morgan fingerprint density at radius 1 is 0.944 bits per heavy atom. The van der Waals surface area contributed by atoms with Crippen molar-refractivity contribution in [1.29, 1.82) is 0 Å². The van der Waals surface area contributed by atoms with Gasteiger partial charge in [0.25, 0.3) is 0 Å². The van der Waals surface area contributed by atoms with E-state index in [0.717, 1.165) is 16.8 Å². The van der Waals surface area contributed by atoms with Crippen LogP contribution in [0.5, 0.6) is 0 Å². The van der Waals surface area contributed by atoms with Gasteiger partial charge < -0.3 is 30.0 Å². The molecule has 0 bridgehead atoms. The zero-order valence-corrected chi connectivity index (χ0v) is 41.3. The molecule has 2 aromatic carbocycles. The molecule has 3 saturated carbocycles. The second-order valence-corrected chi connectivity index (χ2v) is 21.1. The summed E-state index contributed by atoms with van der Waals surface area (Å²) < 4.78 is 50.1. The average molecular weight is 982 g/mol. The monoisotopic (exact) mass is 981 g/mol.